The highest BCUT2D eigenvalue weighted by atomic mass is 35.5. The summed E-state index contributed by atoms with van der Waals surface area (Å²) in [4.78, 5) is 17.0. The highest BCUT2D eigenvalue weighted by Crippen LogP contribution is 2.31. The van der Waals surface area contributed by atoms with Crippen LogP contribution in [0.25, 0.3) is 17.0 Å². The van der Waals surface area contributed by atoms with Gasteiger partial charge in [-0.2, -0.15) is 15.1 Å². The lowest BCUT2D eigenvalue weighted by molar-refractivity contribution is -0.114. The van der Waals surface area contributed by atoms with Crippen molar-refractivity contribution < 1.29 is 4.79 Å². The molecule has 160 valence electrons. The van der Waals surface area contributed by atoms with Crippen LogP contribution in [-0.4, -0.2) is 31.5 Å². The number of aromatic nitrogens is 1. The molecular formula is C24H20ClN5OS. The third-order valence-electron chi connectivity index (χ3n) is 5.38. The normalized spacial score (nSPS) is 17.2. The predicted molar refractivity (Wildman–Crippen MR) is 132 cm³/mol. The van der Waals surface area contributed by atoms with Gasteiger partial charge in [0.05, 0.1) is 5.57 Å². The molecule has 0 fully saturated rings. The maximum absolute atomic E-state index is 12.8. The second-order valence-electron chi connectivity index (χ2n) is 7.58. The molecule has 5 rings (SSSR count). The van der Waals surface area contributed by atoms with Gasteiger partial charge in [-0.25, -0.2) is 0 Å². The summed E-state index contributed by atoms with van der Waals surface area (Å²) in [7, 11) is 0. The lowest BCUT2D eigenvalue weighted by atomic mass is 10.1. The Hall–Kier alpha value is -3.16. The number of hydrogen-bond donors (Lipinski definition) is 1. The zero-order chi connectivity index (χ0) is 22.2. The molecule has 0 bridgehead atoms. The zero-order valence-corrected chi connectivity index (χ0v) is 19.0. The number of hydrogen-bond acceptors (Lipinski definition) is 4. The summed E-state index contributed by atoms with van der Waals surface area (Å²) in [6.45, 7) is 2.67. The molecule has 6 nitrogen and oxygen atoms in total. The Morgan fingerprint density at radius 1 is 1.16 bits per heavy atom. The number of rotatable bonds is 5. The topological polar surface area (TPSA) is 73.8 Å². The fraction of sp³-hybridized carbons (Fsp3) is 0.167. The van der Waals surface area contributed by atoms with E-state index in [1.165, 1.54) is 16.8 Å². The molecule has 2 aromatic carbocycles. The van der Waals surface area contributed by atoms with Gasteiger partial charge in [0.1, 0.15) is 5.04 Å². The van der Waals surface area contributed by atoms with Crippen molar-refractivity contribution in [1.82, 2.24) is 9.58 Å². The largest absolute Gasteiger partial charge is 0.342 e. The number of nitrogens with one attached hydrogen (secondary N) is 1. The summed E-state index contributed by atoms with van der Waals surface area (Å²) in [5.41, 5.74) is 3.12. The molecule has 0 radical (unpaired) electrons. The lowest BCUT2D eigenvalue weighted by Crippen LogP contribution is -2.35. The Morgan fingerprint density at radius 3 is 2.75 bits per heavy atom. The van der Waals surface area contributed by atoms with E-state index in [0.29, 0.717) is 16.7 Å². The Bertz CT molecular complexity index is 1350. The van der Waals surface area contributed by atoms with Gasteiger partial charge in [-0.1, -0.05) is 54.9 Å². The van der Waals surface area contributed by atoms with Crippen molar-refractivity contribution in [2.75, 3.05) is 0 Å². The Morgan fingerprint density at radius 2 is 1.94 bits per heavy atom. The summed E-state index contributed by atoms with van der Waals surface area (Å²) in [5.74, 6) is -0.355. The minimum atomic E-state index is -0.412. The number of benzene rings is 2. The molecule has 3 heterocycles. The molecule has 0 unspecified atom stereocenters. The van der Waals surface area contributed by atoms with Crippen LogP contribution < -0.4 is 0 Å². The molecule has 1 aromatic heterocycles. The minimum absolute atomic E-state index is 0.0570. The molecule has 0 saturated heterocycles. The number of aliphatic imine (C=N–C) groups is 1. The van der Waals surface area contributed by atoms with Crippen LogP contribution in [-0.2, 0) is 11.3 Å². The number of carbonyl (C=O) groups excluding carboxylic acids is 1. The fourth-order valence-electron chi connectivity index (χ4n) is 3.83. The molecular weight excluding hydrogens is 442 g/mol. The van der Waals surface area contributed by atoms with Crippen molar-refractivity contribution >= 4 is 62.3 Å². The van der Waals surface area contributed by atoms with Crippen molar-refractivity contribution in [3.8, 4) is 0 Å². The first-order chi connectivity index (χ1) is 15.5. The highest BCUT2D eigenvalue weighted by molar-refractivity contribution is 8.26. The van der Waals surface area contributed by atoms with Crippen molar-refractivity contribution in [2.45, 2.75) is 26.3 Å². The molecule has 1 N–H and O–H groups in total. The molecule has 0 atom stereocenters. The molecule has 2 aliphatic heterocycles. The van der Waals surface area contributed by atoms with Crippen molar-refractivity contribution in [3.63, 3.8) is 0 Å². The van der Waals surface area contributed by atoms with E-state index in [4.69, 9.17) is 17.0 Å². The summed E-state index contributed by atoms with van der Waals surface area (Å²) < 4.78 is 2.11. The number of carbonyl (C=O) groups is 1. The summed E-state index contributed by atoms with van der Waals surface area (Å²) >= 11 is 7.74. The minimum Gasteiger partial charge on any atom is -0.342 e. The van der Waals surface area contributed by atoms with E-state index in [-0.39, 0.29) is 11.4 Å². The van der Waals surface area contributed by atoms with E-state index in [2.05, 4.69) is 21.6 Å². The molecule has 0 saturated carbocycles. The van der Waals surface area contributed by atoms with Gasteiger partial charge in [-0.3, -0.25) is 10.2 Å². The van der Waals surface area contributed by atoms with Gasteiger partial charge >= 0.3 is 0 Å². The first kappa shape index (κ1) is 20.7. The van der Waals surface area contributed by atoms with Crippen LogP contribution in [0.1, 0.15) is 30.9 Å². The van der Waals surface area contributed by atoms with Gasteiger partial charge in [-0.05, 0) is 48.4 Å². The lowest BCUT2D eigenvalue weighted by Gasteiger charge is -2.20. The molecule has 8 heteroatoms. The molecule has 3 aromatic rings. The first-order valence-corrected chi connectivity index (χ1v) is 11.5. The second-order valence-corrected chi connectivity index (χ2v) is 9.03. The van der Waals surface area contributed by atoms with Gasteiger partial charge in [-0.15, -0.1) is 0 Å². The number of amidine groups is 2. The standard InChI is InChI=1S/C24H20ClN5OS/c1-2-7-21-28-30-22(26)18(23(31)27-24(30)32-21)12-16-14-29(20-11-6-4-9-17(16)20)13-15-8-3-5-10-19(15)25/h3-6,8-12,14,26H,2,7,13H2,1H3/b18-12-,26-22?. The second kappa shape index (κ2) is 8.41. The first-order valence-electron chi connectivity index (χ1n) is 10.4. The van der Waals surface area contributed by atoms with Crippen LogP contribution >= 0.6 is 23.4 Å². The Labute approximate surface area is 194 Å². The number of amides is 1. The number of thioether (sulfide) groups is 1. The average Bonchev–Trinajstić information content (AvgIpc) is 3.34. The van der Waals surface area contributed by atoms with Crippen LogP contribution in [0.15, 0.2) is 70.4 Å². The van der Waals surface area contributed by atoms with Gasteiger partial charge in [0.15, 0.2) is 5.84 Å². The molecule has 32 heavy (non-hydrogen) atoms. The summed E-state index contributed by atoms with van der Waals surface area (Å²) in [5, 5.41) is 17.6. The van der Waals surface area contributed by atoms with Gasteiger partial charge in [0.25, 0.3) is 5.91 Å². The number of hydrazone groups is 1. The number of fused-ring (bicyclic) bond motifs is 2. The molecule has 1 amide bonds. The predicted octanol–water partition coefficient (Wildman–Crippen LogP) is 5.76. The van der Waals surface area contributed by atoms with E-state index in [0.717, 1.165) is 39.9 Å². The average molecular weight is 462 g/mol. The molecule has 0 aliphatic carbocycles. The zero-order valence-electron chi connectivity index (χ0n) is 17.4. The monoisotopic (exact) mass is 461 g/mol. The van der Waals surface area contributed by atoms with Gasteiger partial charge < -0.3 is 4.57 Å². The molecule has 0 spiro atoms. The molecule has 2 aliphatic rings. The SMILES string of the molecule is CCCC1=NN2C(=N)/C(=C/c3cn(Cc4ccccc4Cl)c4ccccc34)C(=O)N=C2S1. The van der Waals surface area contributed by atoms with Crippen molar-refractivity contribution in [2.24, 2.45) is 10.1 Å². The summed E-state index contributed by atoms with van der Waals surface area (Å²) in [6.07, 6.45) is 5.48. The maximum Gasteiger partial charge on any atom is 0.283 e. The van der Waals surface area contributed by atoms with E-state index >= 15 is 0 Å². The van der Waals surface area contributed by atoms with Crippen LogP contribution in [0.4, 0.5) is 0 Å². The van der Waals surface area contributed by atoms with Crippen LogP contribution in [0.5, 0.6) is 0 Å². The van der Waals surface area contributed by atoms with Crippen molar-refractivity contribution in [1.29, 1.82) is 5.41 Å². The van der Waals surface area contributed by atoms with E-state index in [9.17, 15) is 4.79 Å². The highest BCUT2D eigenvalue weighted by Gasteiger charge is 2.35. The van der Waals surface area contributed by atoms with Crippen LogP contribution in [0, 0.1) is 5.41 Å². The number of para-hydroxylation sites is 1. The maximum atomic E-state index is 12.8. The van der Waals surface area contributed by atoms with Crippen LogP contribution in [0.3, 0.4) is 0 Å². The van der Waals surface area contributed by atoms with Gasteiger partial charge in [0.2, 0.25) is 5.17 Å². The van der Waals surface area contributed by atoms with E-state index < -0.39 is 5.91 Å². The number of halogens is 1. The van der Waals surface area contributed by atoms with E-state index in [1.807, 2.05) is 54.7 Å². The third kappa shape index (κ3) is 3.67. The third-order valence-corrected chi connectivity index (χ3v) is 6.71. The van der Waals surface area contributed by atoms with Crippen LogP contribution in [0.2, 0.25) is 5.02 Å². The Balaban J connectivity index is 1.55. The summed E-state index contributed by atoms with van der Waals surface area (Å²) in [6, 6.07) is 15.8. The quantitative estimate of drug-likeness (QED) is 0.490. The number of nitrogens with zero attached hydrogens (tertiary/aromatic N) is 4. The smallest absolute Gasteiger partial charge is 0.283 e. The fourth-order valence-corrected chi connectivity index (χ4v) is 5.02. The Kier molecular flexibility index (Phi) is 5.45. The van der Waals surface area contributed by atoms with Crippen molar-refractivity contribution in [3.05, 3.63) is 76.5 Å². The van der Waals surface area contributed by atoms with E-state index in [1.54, 1.807) is 6.08 Å². The van der Waals surface area contributed by atoms with Gasteiger partial charge in [0, 0.05) is 34.2 Å².